The number of nitrogens with zero attached hydrogens (tertiary/aromatic N) is 1. The number of hydrogen-bond acceptors (Lipinski definition) is 4. The van der Waals surface area contributed by atoms with Crippen molar-refractivity contribution < 1.29 is 14.6 Å². The Hall–Kier alpha value is -3.31. The van der Waals surface area contributed by atoms with E-state index < -0.39 is 5.97 Å². The third-order valence-corrected chi connectivity index (χ3v) is 6.92. The van der Waals surface area contributed by atoms with Gasteiger partial charge in [0.05, 0.1) is 5.56 Å². The van der Waals surface area contributed by atoms with E-state index >= 15 is 0 Å². The van der Waals surface area contributed by atoms with Crippen LogP contribution in [-0.4, -0.2) is 34.1 Å². The predicted octanol–water partition coefficient (Wildman–Crippen LogP) is 5.57. The highest BCUT2D eigenvalue weighted by Crippen LogP contribution is 2.38. The molecule has 0 radical (unpaired) electrons. The van der Waals surface area contributed by atoms with E-state index in [9.17, 15) is 4.79 Å². The first-order valence-corrected chi connectivity index (χ1v) is 11.8. The molecular weight excluding hydrogens is 412 g/mol. The number of hydrogen-bond donors (Lipinski definition) is 2. The van der Waals surface area contributed by atoms with E-state index in [0.717, 1.165) is 30.8 Å². The number of benzene rings is 3. The number of fused-ring (bicyclic) bond motifs is 2. The molecule has 170 valence electrons. The molecule has 5 rings (SSSR count). The number of ether oxygens (including phenoxy) is 1. The molecule has 2 fully saturated rings. The average molecular weight is 443 g/mol. The van der Waals surface area contributed by atoms with Crippen LogP contribution in [0.15, 0.2) is 78.9 Å². The van der Waals surface area contributed by atoms with Crippen molar-refractivity contribution in [2.24, 2.45) is 0 Å². The van der Waals surface area contributed by atoms with E-state index in [1.807, 2.05) is 42.5 Å². The van der Waals surface area contributed by atoms with Crippen LogP contribution in [0, 0.1) is 0 Å². The van der Waals surface area contributed by atoms with Crippen LogP contribution in [0.2, 0.25) is 0 Å². The van der Waals surface area contributed by atoms with Gasteiger partial charge in [0, 0.05) is 30.4 Å². The van der Waals surface area contributed by atoms with Crippen LogP contribution in [0.5, 0.6) is 5.75 Å². The Labute approximate surface area is 195 Å². The van der Waals surface area contributed by atoms with Gasteiger partial charge in [-0.15, -0.1) is 0 Å². The van der Waals surface area contributed by atoms with Crippen LogP contribution in [0.25, 0.3) is 0 Å². The summed E-state index contributed by atoms with van der Waals surface area (Å²) in [5, 5.41) is 12.8. The molecule has 33 heavy (non-hydrogen) atoms. The van der Waals surface area contributed by atoms with Gasteiger partial charge in [-0.1, -0.05) is 42.5 Å². The van der Waals surface area contributed by atoms with E-state index in [4.69, 9.17) is 9.84 Å². The quantitative estimate of drug-likeness (QED) is 0.477. The van der Waals surface area contributed by atoms with Crippen molar-refractivity contribution in [3.05, 3.63) is 95.6 Å². The zero-order chi connectivity index (χ0) is 22.6. The minimum Gasteiger partial charge on any atom is -0.489 e. The van der Waals surface area contributed by atoms with Crippen molar-refractivity contribution in [1.29, 1.82) is 0 Å². The molecule has 2 aliphatic rings. The first-order valence-electron chi connectivity index (χ1n) is 11.8. The summed E-state index contributed by atoms with van der Waals surface area (Å²) in [7, 11) is 0. The molecule has 0 aliphatic carbocycles. The molecule has 2 bridgehead atoms. The normalized spacial score (nSPS) is 22.1. The van der Waals surface area contributed by atoms with Gasteiger partial charge in [-0.25, -0.2) is 4.79 Å². The summed E-state index contributed by atoms with van der Waals surface area (Å²) in [5.41, 5.74) is 3.85. The number of anilines is 1. The van der Waals surface area contributed by atoms with Gasteiger partial charge < -0.3 is 15.2 Å². The van der Waals surface area contributed by atoms with Crippen LogP contribution >= 0.6 is 0 Å². The summed E-state index contributed by atoms with van der Waals surface area (Å²) in [6, 6.07) is 27.5. The Morgan fingerprint density at radius 3 is 2.18 bits per heavy atom. The number of rotatable bonds is 8. The monoisotopic (exact) mass is 442 g/mol. The minimum atomic E-state index is -0.871. The van der Waals surface area contributed by atoms with Crippen molar-refractivity contribution in [3.8, 4) is 5.75 Å². The molecule has 2 aliphatic heterocycles. The number of carboxylic acid groups (broad SMARTS) is 1. The largest absolute Gasteiger partial charge is 0.489 e. The zero-order valence-corrected chi connectivity index (χ0v) is 18.7. The van der Waals surface area contributed by atoms with E-state index in [1.165, 1.54) is 24.0 Å². The van der Waals surface area contributed by atoms with E-state index in [2.05, 4.69) is 34.5 Å². The summed E-state index contributed by atoms with van der Waals surface area (Å²) in [6.45, 7) is 1.48. The number of nitrogens with one attached hydrogen (secondary N) is 1. The van der Waals surface area contributed by atoms with Gasteiger partial charge in [0.1, 0.15) is 12.4 Å². The van der Waals surface area contributed by atoms with Gasteiger partial charge in [-0.05, 0) is 73.2 Å². The number of aromatic carboxylic acids is 1. The second kappa shape index (κ2) is 9.67. The van der Waals surface area contributed by atoms with Crippen molar-refractivity contribution in [3.63, 3.8) is 0 Å². The second-order valence-corrected chi connectivity index (χ2v) is 9.17. The molecule has 3 aromatic rings. The molecule has 0 saturated carbocycles. The van der Waals surface area contributed by atoms with Gasteiger partial charge in [-0.2, -0.15) is 0 Å². The van der Waals surface area contributed by atoms with Crippen LogP contribution in [0.4, 0.5) is 5.69 Å². The zero-order valence-electron chi connectivity index (χ0n) is 18.7. The molecule has 3 atom stereocenters. The highest BCUT2D eigenvalue weighted by atomic mass is 16.5. The summed E-state index contributed by atoms with van der Waals surface area (Å²) >= 11 is 0. The Morgan fingerprint density at radius 1 is 0.879 bits per heavy atom. The third-order valence-electron chi connectivity index (χ3n) is 6.92. The Bertz CT molecular complexity index is 1050. The maximum Gasteiger partial charge on any atom is 0.335 e. The molecule has 0 aromatic heterocycles. The van der Waals surface area contributed by atoms with Crippen LogP contribution < -0.4 is 10.1 Å². The molecular formula is C28H30N2O3. The lowest BCUT2D eigenvalue weighted by Crippen LogP contribution is -2.46. The first kappa shape index (κ1) is 21.5. The molecule has 1 unspecified atom stereocenters. The lowest BCUT2D eigenvalue weighted by molar-refractivity contribution is 0.0696. The fraction of sp³-hybridized carbons (Fsp3) is 0.321. The van der Waals surface area contributed by atoms with Gasteiger partial charge in [0.25, 0.3) is 0 Å². The Morgan fingerprint density at radius 2 is 1.55 bits per heavy atom. The standard InChI is InChI=1S/C28H30N2O3/c31-28(32)22-8-6-20(7-9-22)18-30-25-12-13-26(30)17-24(16-25)29-23-10-14-27(15-11-23)33-19-21-4-2-1-3-5-21/h1-11,14-15,24-26,29H,12-13,16-19H2,(H,31,32)/t24?,25-,26+. The van der Waals surface area contributed by atoms with Crippen LogP contribution in [0.1, 0.15) is 47.2 Å². The molecule has 5 nitrogen and oxygen atoms in total. The number of carbonyl (C=O) groups is 1. The topological polar surface area (TPSA) is 61.8 Å². The van der Waals surface area contributed by atoms with Crippen molar-refractivity contribution in [2.45, 2.75) is 57.0 Å². The second-order valence-electron chi connectivity index (χ2n) is 9.17. The predicted molar refractivity (Wildman–Crippen MR) is 130 cm³/mol. The summed E-state index contributed by atoms with van der Waals surface area (Å²) in [5.74, 6) is 0.0116. The molecule has 3 aromatic carbocycles. The van der Waals surface area contributed by atoms with Gasteiger partial charge in [0.2, 0.25) is 0 Å². The number of piperidine rings is 1. The van der Waals surface area contributed by atoms with E-state index in [1.54, 1.807) is 12.1 Å². The molecule has 2 heterocycles. The van der Waals surface area contributed by atoms with E-state index in [-0.39, 0.29) is 0 Å². The summed E-state index contributed by atoms with van der Waals surface area (Å²) in [6.07, 6.45) is 4.75. The van der Waals surface area contributed by atoms with Crippen molar-refractivity contribution >= 4 is 11.7 Å². The first-order chi connectivity index (χ1) is 16.1. The third kappa shape index (κ3) is 5.20. The highest BCUT2D eigenvalue weighted by Gasteiger charge is 2.40. The summed E-state index contributed by atoms with van der Waals surface area (Å²) < 4.78 is 5.91. The molecule has 2 N–H and O–H groups in total. The lowest BCUT2D eigenvalue weighted by Gasteiger charge is -2.39. The maximum absolute atomic E-state index is 11.1. The smallest absolute Gasteiger partial charge is 0.335 e. The van der Waals surface area contributed by atoms with Crippen molar-refractivity contribution in [1.82, 2.24) is 4.90 Å². The van der Waals surface area contributed by atoms with Crippen LogP contribution in [-0.2, 0) is 13.2 Å². The van der Waals surface area contributed by atoms with Crippen molar-refractivity contribution in [2.75, 3.05) is 5.32 Å². The van der Waals surface area contributed by atoms with Gasteiger partial charge >= 0.3 is 5.97 Å². The maximum atomic E-state index is 11.1. The highest BCUT2D eigenvalue weighted by molar-refractivity contribution is 5.87. The summed E-state index contributed by atoms with van der Waals surface area (Å²) in [4.78, 5) is 13.7. The van der Waals surface area contributed by atoms with Gasteiger partial charge in [0.15, 0.2) is 0 Å². The van der Waals surface area contributed by atoms with E-state index in [0.29, 0.717) is 30.3 Å². The lowest BCUT2D eigenvalue weighted by atomic mass is 9.96. The number of carboxylic acids is 1. The van der Waals surface area contributed by atoms with Crippen LogP contribution in [0.3, 0.4) is 0 Å². The molecule has 2 saturated heterocycles. The Kier molecular flexibility index (Phi) is 6.31. The Balaban J connectivity index is 1.14. The average Bonchev–Trinajstić information content (AvgIpc) is 3.07. The SMILES string of the molecule is O=C(O)c1ccc(CN2[C@@H]3CC[C@H]2CC(Nc2ccc(OCc4ccccc4)cc2)C3)cc1. The fourth-order valence-electron chi connectivity index (χ4n) is 5.24. The van der Waals surface area contributed by atoms with Gasteiger partial charge in [-0.3, -0.25) is 4.90 Å². The fourth-order valence-corrected chi connectivity index (χ4v) is 5.24. The molecule has 5 heteroatoms. The molecule has 0 amide bonds. The minimum absolute atomic E-state index is 0.348. The molecule has 0 spiro atoms.